The number of hydrogen-bond donors (Lipinski definition) is 1. The first-order valence-electron chi connectivity index (χ1n) is 6.84. The number of hydrogen-bond acceptors (Lipinski definition) is 2. The number of alkyl halides is 3. The number of aromatic nitrogens is 2. The van der Waals surface area contributed by atoms with Crippen molar-refractivity contribution in [3.05, 3.63) is 46.6 Å². The van der Waals surface area contributed by atoms with Crippen molar-refractivity contribution in [2.24, 2.45) is 0 Å². The molecule has 21 heavy (non-hydrogen) atoms. The lowest BCUT2D eigenvalue weighted by Crippen LogP contribution is -2.25. The lowest BCUT2D eigenvalue weighted by atomic mass is 10.00. The topological polar surface area (TPSA) is 29.9 Å². The van der Waals surface area contributed by atoms with Crippen LogP contribution in [0.4, 0.5) is 19.0 Å². The van der Waals surface area contributed by atoms with E-state index < -0.39 is 11.7 Å². The minimum Gasteiger partial charge on any atom is -0.370 e. The van der Waals surface area contributed by atoms with Crippen molar-refractivity contribution in [2.75, 3.05) is 11.9 Å². The molecule has 0 amide bonds. The third kappa shape index (κ3) is 2.39. The molecule has 6 heteroatoms. The van der Waals surface area contributed by atoms with E-state index in [2.05, 4.69) is 10.4 Å². The number of halogens is 3. The van der Waals surface area contributed by atoms with Crippen LogP contribution in [0.3, 0.4) is 0 Å². The Labute approximate surface area is 120 Å². The van der Waals surface area contributed by atoms with Gasteiger partial charge in [-0.2, -0.15) is 18.3 Å². The standard InChI is InChI=1S/C15H16F3N3/c1-9-10(2)20-21-13(6-7-19-14(9)21)11-4-3-5-12(8-11)15(16,17)18/h3-5,8,13,19H,6-7H2,1-2H3. The Morgan fingerprint density at radius 1 is 1.29 bits per heavy atom. The Morgan fingerprint density at radius 2 is 2.05 bits per heavy atom. The minimum absolute atomic E-state index is 0.157. The summed E-state index contributed by atoms with van der Waals surface area (Å²) in [5, 5.41) is 7.75. The average Bonchev–Trinajstić information content (AvgIpc) is 2.74. The molecule has 1 atom stereocenters. The second kappa shape index (κ2) is 4.79. The Hall–Kier alpha value is -1.98. The molecule has 0 bridgehead atoms. The van der Waals surface area contributed by atoms with Gasteiger partial charge in [-0.3, -0.25) is 0 Å². The molecule has 0 aliphatic carbocycles. The van der Waals surface area contributed by atoms with E-state index >= 15 is 0 Å². The average molecular weight is 295 g/mol. The van der Waals surface area contributed by atoms with Gasteiger partial charge in [-0.1, -0.05) is 12.1 Å². The Kier molecular flexibility index (Phi) is 3.19. The van der Waals surface area contributed by atoms with Crippen molar-refractivity contribution in [3.8, 4) is 0 Å². The van der Waals surface area contributed by atoms with Crippen LogP contribution in [-0.2, 0) is 6.18 Å². The third-order valence-electron chi connectivity index (χ3n) is 3.99. The van der Waals surface area contributed by atoms with E-state index in [9.17, 15) is 13.2 Å². The summed E-state index contributed by atoms with van der Waals surface area (Å²) >= 11 is 0. The van der Waals surface area contributed by atoms with Gasteiger partial charge in [0.15, 0.2) is 0 Å². The van der Waals surface area contributed by atoms with E-state index in [-0.39, 0.29) is 6.04 Å². The molecule has 0 saturated carbocycles. The molecule has 0 fully saturated rings. The second-order valence-corrected chi connectivity index (χ2v) is 5.36. The molecule has 1 N–H and O–H groups in total. The van der Waals surface area contributed by atoms with Gasteiger partial charge in [-0.15, -0.1) is 0 Å². The summed E-state index contributed by atoms with van der Waals surface area (Å²) < 4.78 is 40.4. The summed E-state index contributed by atoms with van der Waals surface area (Å²) in [7, 11) is 0. The van der Waals surface area contributed by atoms with Crippen LogP contribution in [0, 0.1) is 13.8 Å². The van der Waals surface area contributed by atoms with Crippen molar-refractivity contribution >= 4 is 5.82 Å². The van der Waals surface area contributed by atoms with E-state index in [0.717, 1.165) is 36.1 Å². The smallest absolute Gasteiger partial charge is 0.370 e. The van der Waals surface area contributed by atoms with Crippen LogP contribution in [0.15, 0.2) is 24.3 Å². The van der Waals surface area contributed by atoms with Gasteiger partial charge in [0.25, 0.3) is 0 Å². The quantitative estimate of drug-likeness (QED) is 0.864. The molecule has 1 aliphatic heterocycles. The fourth-order valence-corrected chi connectivity index (χ4v) is 2.75. The summed E-state index contributed by atoms with van der Waals surface area (Å²) in [6.45, 7) is 4.61. The van der Waals surface area contributed by atoms with Crippen molar-refractivity contribution in [3.63, 3.8) is 0 Å². The maximum absolute atomic E-state index is 12.9. The van der Waals surface area contributed by atoms with E-state index in [1.54, 1.807) is 6.07 Å². The highest BCUT2D eigenvalue weighted by molar-refractivity contribution is 5.49. The van der Waals surface area contributed by atoms with Crippen LogP contribution < -0.4 is 5.32 Å². The van der Waals surface area contributed by atoms with Gasteiger partial charge in [-0.25, -0.2) is 4.68 Å². The SMILES string of the molecule is Cc1nn2c(c1C)NCCC2c1cccc(C(F)(F)F)c1. The van der Waals surface area contributed by atoms with Crippen molar-refractivity contribution < 1.29 is 13.2 Å². The maximum Gasteiger partial charge on any atom is 0.416 e. The molecular weight excluding hydrogens is 279 g/mol. The van der Waals surface area contributed by atoms with Crippen molar-refractivity contribution in [2.45, 2.75) is 32.5 Å². The van der Waals surface area contributed by atoms with Gasteiger partial charge in [0, 0.05) is 12.1 Å². The van der Waals surface area contributed by atoms with Crippen LogP contribution in [0.2, 0.25) is 0 Å². The second-order valence-electron chi connectivity index (χ2n) is 5.36. The molecule has 1 aromatic heterocycles. The molecule has 0 spiro atoms. The Bertz CT molecular complexity index is 673. The van der Waals surface area contributed by atoms with Crippen LogP contribution >= 0.6 is 0 Å². The molecular formula is C15H16F3N3. The van der Waals surface area contributed by atoms with Crippen LogP contribution in [0.25, 0.3) is 0 Å². The third-order valence-corrected chi connectivity index (χ3v) is 3.99. The molecule has 1 aromatic carbocycles. The fraction of sp³-hybridized carbons (Fsp3) is 0.400. The van der Waals surface area contributed by atoms with Crippen molar-refractivity contribution in [1.29, 1.82) is 0 Å². The first kappa shape index (κ1) is 14.0. The molecule has 1 unspecified atom stereocenters. The van der Waals surface area contributed by atoms with Gasteiger partial charge in [0.05, 0.1) is 17.3 Å². The molecule has 3 rings (SSSR count). The summed E-state index contributed by atoms with van der Waals surface area (Å²) in [5.74, 6) is 0.904. The fourth-order valence-electron chi connectivity index (χ4n) is 2.75. The zero-order chi connectivity index (χ0) is 15.2. The molecule has 0 saturated heterocycles. The van der Waals surface area contributed by atoms with E-state index in [1.165, 1.54) is 12.1 Å². The summed E-state index contributed by atoms with van der Waals surface area (Å²) in [5.41, 5.74) is 1.99. The molecule has 112 valence electrons. The first-order chi connectivity index (χ1) is 9.88. The number of rotatable bonds is 1. The first-order valence-corrected chi connectivity index (χ1v) is 6.84. The number of benzene rings is 1. The van der Waals surface area contributed by atoms with Gasteiger partial charge in [-0.05, 0) is 38.0 Å². The summed E-state index contributed by atoms with van der Waals surface area (Å²) in [6.07, 6.45) is -3.60. The number of fused-ring (bicyclic) bond motifs is 1. The number of nitrogens with zero attached hydrogens (tertiary/aromatic N) is 2. The number of aryl methyl sites for hydroxylation is 1. The summed E-state index contributed by atoms with van der Waals surface area (Å²) in [6, 6.07) is 5.37. The Morgan fingerprint density at radius 3 is 2.76 bits per heavy atom. The van der Waals surface area contributed by atoms with E-state index in [0.29, 0.717) is 5.56 Å². The minimum atomic E-state index is -4.32. The largest absolute Gasteiger partial charge is 0.416 e. The molecule has 2 heterocycles. The Balaban J connectivity index is 2.05. The van der Waals surface area contributed by atoms with Crippen LogP contribution in [0.1, 0.15) is 34.8 Å². The predicted molar refractivity (Wildman–Crippen MR) is 74.4 cm³/mol. The van der Waals surface area contributed by atoms with Gasteiger partial charge in [0.1, 0.15) is 5.82 Å². The zero-order valence-corrected chi connectivity index (χ0v) is 11.8. The molecule has 0 radical (unpaired) electrons. The van der Waals surface area contributed by atoms with Crippen LogP contribution in [0.5, 0.6) is 0 Å². The van der Waals surface area contributed by atoms with Gasteiger partial charge in [0.2, 0.25) is 0 Å². The maximum atomic E-state index is 12.9. The predicted octanol–water partition coefficient (Wildman–Crippen LogP) is 3.92. The van der Waals surface area contributed by atoms with E-state index in [4.69, 9.17) is 0 Å². The molecule has 3 nitrogen and oxygen atoms in total. The van der Waals surface area contributed by atoms with E-state index in [1.807, 2.05) is 18.5 Å². The number of anilines is 1. The lowest BCUT2D eigenvalue weighted by Gasteiger charge is -2.27. The van der Waals surface area contributed by atoms with Gasteiger partial charge >= 0.3 is 6.18 Å². The van der Waals surface area contributed by atoms with Crippen LogP contribution in [-0.4, -0.2) is 16.3 Å². The van der Waals surface area contributed by atoms with Crippen molar-refractivity contribution in [1.82, 2.24) is 9.78 Å². The molecule has 2 aromatic rings. The lowest BCUT2D eigenvalue weighted by molar-refractivity contribution is -0.137. The monoisotopic (exact) mass is 295 g/mol. The highest BCUT2D eigenvalue weighted by Crippen LogP contribution is 2.35. The van der Waals surface area contributed by atoms with Gasteiger partial charge < -0.3 is 5.32 Å². The highest BCUT2D eigenvalue weighted by Gasteiger charge is 2.32. The summed E-state index contributed by atoms with van der Waals surface area (Å²) in [4.78, 5) is 0. The normalized spacial score (nSPS) is 18.2. The zero-order valence-electron chi connectivity index (χ0n) is 11.8. The highest BCUT2D eigenvalue weighted by atomic mass is 19.4. The number of nitrogens with one attached hydrogen (secondary N) is 1. The molecule has 1 aliphatic rings.